The lowest BCUT2D eigenvalue weighted by Crippen LogP contribution is -2.54. The summed E-state index contributed by atoms with van der Waals surface area (Å²) in [5.41, 5.74) is 4.04. The summed E-state index contributed by atoms with van der Waals surface area (Å²) in [7, 11) is 2.10. The molecule has 0 aliphatic carbocycles. The molecule has 4 rings (SSSR count). The Hall–Kier alpha value is -1.81. The molecule has 0 saturated carbocycles. The summed E-state index contributed by atoms with van der Waals surface area (Å²) < 4.78 is 1.06. The van der Waals surface area contributed by atoms with Crippen LogP contribution in [0.5, 0.6) is 0 Å². The van der Waals surface area contributed by atoms with Gasteiger partial charge in [-0.15, -0.1) is 0 Å². The minimum absolute atomic E-state index is 0.143. The average molecular weight is 371 g/mol. The van der Waals surface area contributed by atoms with Gasteiger partial charge in [-0.3, -0.25) is 0 Å². The molecule has 2 aromatic rings. The van der Waals surface area contributed by atoms with E-state index in [1.54, 1.807) is 0 Å². The molecule has 2 aromatic carbocycles. The fourth-order valence-electron chi connectivity index (χ4n) is 3.88. The molecule has 2 aliphatic rings. The molecular formula is C19H19BrN2O. The first kappa shape index (κ1) is 14.8. The second-order valence-electron chi connectivity index (χ2n) is 6.80. The Morgan fingerprint density at radius 2 is 1.91 bits per heavy atom. The molecule has 0 unspecified atom stereocenters. The minimum atomic E-state index is -0.464. The van der Waals surface area contributed by atoms with Crippen molar-refractivity contribution in [3.63, 3.8) is 0 Å². The van der Waals surface area contributed by atoms with Crippen LogP contribution < -0.4 is 4.90 Å². The van der Waals surface area contributed by atoms with Gasteiger partial charge in [-0.1, -0.05) is 51.4 Å². The van der Waals surface area contributed by atoms with Gasteiger partial charge in [0, 0.05) is 22.8 Å². The highest BCUT2D eigenvalue weighted by Crippen LogP contribution is 2.55. The van der Waals surface area contributed by atoms with Gasteiger partial charge < -0.3 is 9.74 Å². The smallest absolute Gasteiger partial charge is 0.224 e. The largest absolute Gasteiger partial charge is 0.366 e. The Bertz CT molecular complexity index is 815. The molecule has 1 spiro atoms. The van der Waals surface area contributed by atoms with Crippen LogP contribution in [0.3, 0.4) is 0 Å². The Labute approximate surface area is 145 Å². The maximum Gasteiger partial charge on any atom is 0.224 e. The van der Waals surface area contributed by atoms with Gasteiger partial charge in [-0.25, -0.2) is 0 Å². The molecule has 23 heavy (non-hydrogen) atoms. The van der Waals surface area contributed by atoms with Crippen molar-refractivity contribution in [1.82, 2.24) is 0 Å². The number of anilines is 1. The number of rotatable bonds is 1. The number of nitrogens with zero attached hydrogens (tertiary/aromatic N) is 2. The molecule has 0 radical (unpaired) electrons. The Morgan fingerprint density at radius 1 is 1.13 bits per heavy atom. The topological polar surface area (TPSA) is 24.8 Å². The van der Waals surface area contributed by atoms with E-state index in [4.69, 9.17) is 4.84 Å². The lowest BCUT2D eigenvalue weighted by atomic mass is 9.75. The van der Waals surface area contributed by atoms with E-state index in [0.29, 0.717) is 0 Å². The number of fused-ring (bicyclic) bond motifs is 1. The highest BCUT2D eigenvalue weighted by Gasteiger charge is 2.61. The SMILES string of the molecule is CN1c2ccccc2C(C)(C)[C@]12CC(c1cccc(Br)c1)=NO2. The number of hydrogen-bond donors (Lipinski definition) is 0. The summed E-state index contributed by atoms with van der Waals surface area (Å²) in [5.74, 6) is 0. The Balaban J connectivity index is 1.75. The van der Waals surface area contributed by atoms with Crippen LogP contribution in [-0.2, 0) is 10.3 Å². The number of benzene rings is 2. The van der Waals surface area contributed by atoms with Gasteiger partial charge in [0.2, 0.25) is 5.72 Å². The molecule has 118 valence electrons. The van der Waals surface area contributed by atoms with Crippen molar-refractivity contribution in [2.75, 3.05) is 11.9 Å². The van der Waals surface area contributed by atoms with E-state index in [1.807, 2.05) is 12.1 Å². The number of likely N-dealkylation sites (N-methyl/N-ethyl adjacent to an activating group) is 1. The van der Waals surface area contributed by atoms with Gasteiger partial charge in [-0.2, -0.15) is 0 Å². The van der Waals surface area contributed by atoms with E-state index in [1.165, 1.54) is 11.3 Å². The molecule has 0 aromatic heterocycles. The minimum Gasteiger partial charge on any atom is -0.366 e. The fraction of sp³-hybridized carbons (Fsp3) is 0.316. The molecule has 0 amide bonds. The second kappa shape index (κ2) is 4.84. The van der Waals surface area contributed by atoms with Gasteiger partial charge in [0.25, 0.3) is 0 Å². The lowest BCUT2D eigenvalue weighted by Gasteiger charge is -2.40. The summed E-state index contributed by atoms with van der Waals surface area (Å²) >= 11 is 3.54. The van der Waals surface area contributed by atoms with Gasteiger partial charge in [0.15, 0.2) is 0 Å². The van der Waals surface area contributed by atoms with Crippen LogP contribution in [0.15, 0.2) is 58.2 Å². The fourth-order valence-corrected chi connectivity index (χ4v) is 4.28. The third kappa shape index (κ3) is 1.91. The summed E-state index contributed by atoms with van der Waals surface area (Å²) in [6.45, 7) is 4.49. The van der Waals surface area contributed by atoms with Crippen LogP contribution in [0.1, 0.15) is 31.4 Å². The quantitative estimate of drug-likeness (QED) is 0.726. The highest BCUT2D eigenvalue weighted by molar-refractivity contribution is 9.10. The summed E-state index contributed by atoms with van der Waals surface area (Å²) in [6, 6.07) is 16.8. The molecular weight excluding hydrogens is 352 g/mol. The van der Waals surface area contributed by atoms with Crippen LogP contribution in [0.2, 0.25) is 0 Å². The van der Waals surface area contributed by atoms with Gasteiger partial charge in [0.05, 0.1) is 17.5 Å². The molecule has 4 heteroatoms. The van der Waals surface area contributed by atoms with E-state index < -0.39 is 5.72 Å². The third-order valence-corrected chi connectivity index (χ3v) is 5.82. The van der Waals surface area contributed by atoms with Crippen molar-refractivity contribution < 1.29 is 4.84 Å². The predicted molar refractivity (Wildman–Crippen MR) is 97.0 cm³/mol. The van der Waals surface area contributed by atoms with Crippen LogP contribution in [0, 0.1) is 0 Å². The maximum atomic E-state index is 6.12. The average Bonchev–Trinajstić information content (AvgIpc) is 3.06. The van der Waals surface area contributed by atoms with Crippen LogP contribution in [-0.4, -0.2) is 18.5 Å². The second-order valence-corrected chi connectivity index (χ2v) is 7.72. The predicted octanol–water partition coefficient (Wildman–Crippen LogP) is 4.70. The Morgan fingerprint density at radius 3 is 2.65 bits per heavy atom. The number of oxime groups is 1. The zero-order chi connectivity index (χ0) is 16.2. The van der Waals surface area contributed by atoms with Crippen molar-refractivity contribution in [1.29, 1.82) is 0 Å². The normalized spacial score (nSPS) is 24.5. The first-order chi connectivity index (χ1) is 11.0. The summed E-state index contributed by atoms with van der Waals surface area (Å²) in [6.07, 6.45) is 0.766. The van der Waals surface area contributed by atoms with Crippen LogP contribution in [0.4, 0.5) is 5.69 Å². The molecule has 0 bridgehead atoms. The molecule has 2 aliphatic heterocycles. The highest BCUT2D eigenvalue weighted by atomic mass is 79.9. The van der Waals surface area contributed by atoms with Crippen LogP contribution >= 0.6 is 15.9 Å². The van der Waals surface area contributed by atoms with E-state index in [0.717, 1.165) is 22.2 Å². The Kier molecular flexibility index (Phi) is 3.11. The first-order valence-corrected chi connectivity index (χ1v) is 8.59. The summed E-state index contributed by atoms with van der Waals surface area (Å²) in [4.78, 5) is 8.36. The van der Waals surface area contributed by atoms with E-state index >= 15 is 0 Å². The maximum absolute atomic E-state index is 6.12. The van der Waals surface area contributed by atoms with Crippen molar-refractivity contribution in [3.8, 4) is 0 Å². The number of halogens is 1. The number of para-hydroxylation sites is 1. The van der Waals surface area contributed by atoms with Gasteiger partial charge in [-0.05, 0) is 37.6 Å². The molecule has 2 heterocycles. The molecule has 0 fully saturated rings. The molecule has 0 saturated heterocycles. The van der Waals surface area contributed by atoms with Crippen molar-refractivity contribution >= 4 is 27.3 Å². The van der Waals surface area contributed by atoms with E-state index in [-0.39, 0.29) is 5.41 Å². The van der Waals surface area contributed by atoms with E-state index in [9.17, 15) is 0 Å². The van der Waals surface area contributed by atoms with E-state index in [2.05, 4.69) is 83.3 Å². The molecule has 0 N–H and O–H groups in total. The third-order valence-electron chi connectivity index (χ3n) is 5.33. The first-order valence-electron chi connectivity index (χ1n) is 7.80. The molecule has 3 nitrogen and oxygen atoms in total. The monoisotopic (exact) mass is 370 g/mol. The zero-order valence-electron chi connectivity index (χ0n) is 13.5. The van der Waals surface area contributed by atoms with Crippen LogP contribution in [0.25, 0.3) is 0 Å². The van der Waals surface area contributed by atoms with Crippen molar-refractivity contribution in [2.45, 2.75) is 31.4 Å². The van der Waals surface area contributed by atoms with Crippen molar-refractivity contribution in [3.05, 3.63) is 64.1 Å². The standard InChI is InChI=1S/C19H19BrN2O/c1-18(2)15-9-4-5-10-17(15)22(3)19(18)12-16(21-23-19)13-7-6-8-14(20)11-13/h4-11H,12H2,1-3H3/t19-/m1/s1. The van der Waals surface area contributed by atoms with Crippen molar-refractivity contribution in [2.24, 2.45) is 5.16 Å². The lowest BCUT2D eigenvalue weighted by molar-refractivity contribution is -0.0591. The summed E-state index contributed by atoms with van der Waals surface area (Å²) in [5, 5.41) is 4.47. The molecule has 1 atom stereocenters. The van der Waals surface area contributed by atoms with Gasteiger partial charge >= 0.3 is 0 Å². The number of hydrogen-bond acceptors (Lipinski definition) is 3. The van der Waals surface area contributed by atoms with Gasteiger partial charge in [0.1, 0.15) is 0 Å². The zero-order valence-corrected chi connectivity index (χ0v) is 15.1.